The molecule has 0 spiro atoms. The highest BCUT2D eigenvalue weighted by Crippen LogP contribution is 2.42. The van der Waals surface area contributed by atoms with Gasteiger partial charge in [0.1, 0.15) is 5.56 Å². The van der Waals surface area contributed by atoms with E-state index in [1.165, 1.54) is 26.4 Å². The van der Waals surface area contributed by atoms with Gasteiger partial charge in [0.15, 0.2) is 11.5 Å². The zero-order valence-corrected chi connectivity index (χ0v) is 10.0. The summed E-state index contributed by atoms with van der Waals surface area (Å²) in [5, 5.41) is 0. The molecule has 3 nitrogen and oxygen atoms in total. The minimum Gasteiger partial charge on any atom is -0.493 e. The molecule has 0 heterocycles. The van der Waals surface area contributed by atoms with Crippen molar-refractivity contribution in [2.24, 2.45) is 5.73 Å². The molecular formula is C12H14F3NO2. The number of methoxy groups -OCH3 is 2. The minimum absolute atomic E-state index is 0.0315. The van der Waals surface area contributed by atoms with Gasteiger partial charge in [-0.2, -0.15) is 13.2 Å². The first-order valence-corrected chi connectivity index (χ1v) is 5.13. The largest absolute Gasteiger partial charge is 0.493 e. The Hall–Kier alpha value is -1.69. The number of halogens is 3. The maximum Gasteiger partial charge on any atom is 0.420 e. The highest BCUT2D eigenvalue weighted by Gasteiger charge is 2.36. The van der Waals surface area contributed by atoms with E-state index in [-0.39, 0.29) is 18.0 Å². The SMILES string of the molecule is COc1cc(/C=C/CN)cc(C(F)(F)F)c1OC. The summed E-state index contributed by atoms with van der Waals surface area (Å²) >= 11 is 0. The molecule has 0 aliphatic rings. The van der Waals surface area contributed by atoms with E-state index in [0.29, 0.717) is 5.56 Å². The van der Waals surface area contributed by atoms with E-state index in [0.717, 1.165) is 6.07 Å². The topological polar surface area (TPSA) is 44.5 Å². The summed E-state index contributed by atoms with van der Waals surface area (Å²) in [5.74, 6) is -0.293. The lowest BCUT2D eigenvalue weighted by molar-refractivity contribution is -0.138. The molecule has 6 heteroatoms. The molecule has 0 fully saturated rings. The molecule has 0 aromatic heterocycles. The molecule has 0 unspecified atom stereocenters. The van der Waals surface area contributed by atoms with E-state index in [9.17, 15) is 13.2 Å². The van der Waals surface area contributed by atoms with Crippen molar-refractivity contribution in [3.8, 4) is 11.5 Å². The van der Waals surface area contributed by atoms with Crippen LogP contribution in [0.5, 0.6) is 11.5 Å². The fraction of sp³-hybridized carbons (Fsp3) is 0.333. The van der Waals surface area contributed by atoms with Crippen molar-refractivity contribution in [3.05, 3.63) is 29.3 Å². The highest BCUT2D eigenvalue weighted by molar-refractivity contribution is 5.60. The predicted octanol–water partition coefficient (Wildman–Crippen LogP) is 2.69. The maximum atomic E-state index is 12.9. The maximum absolute atomic E-state index is 12.9. The van der Waals surface area contributed by atoms with Crippen LogP contribution in [0.4, 0.5) is 13.2 Å². The molecule has 0 bridgehead atoms. The summed E-state index contributed by atoms with van der Waals surface area (Å²) in [4.78, 5) is 0. The van der Waals surface area contributed by atoms with Crippen LogP contribution in [0.15, 0.2) is 18.2 Å². The van der Waals surface area contributed by atoms with E-state index >= 15 is 0 Å². The van der Waals surface area contributed by atoms with Crippen molar-refractivity contribution >= 4 is 6.08 Å². The summed E-state index contributed by atoms with van der Waals surface area (Å²) in [6.07, 6.45) is -1.45. The van der Waals surface area contributed by atoms with Gasteiger partial charge in [-0.15, -0.1) is 0 Å². The third-order valence-corrected chi connectivity index (χ3v) is 2.25. The zero-order valence-electron chi connectivity index (χ0n) is 10.0. The van der Waals surface area contributed by atoms with Crippen LogP contribution >= 0.6 is 0 Å². The number of ether oxygens (including phenoxy) is 2. The number of benzene rings is 1. The molecule has 0 atom stereocenters. The summed E-state index contributed by atoms with van der Waals surface area (Å²) in [6, 6.07) is 2.45. The lowest BCUT2D eigenvalue weighted by Crippen LogP contribution is -2.09. The first-order valence-electron chi connectivity index (χ1n) is 5.13. The van der Waals surface area contributed by atoms with E-state index in [4.69, 9.17) is 15.2 Å². The Kier molecular flexibility index (Phi) is 4.61. The van der Waals surface area contributed by atoms with Crippen molar-refractivity contribution in [3.63, 3.8) is 0 Å². The third kappa shape index (κ3) is 3.16. The summed E-state index contributed by atoms with van der Waals surface area (Å²) in [6.45, 7) is 0.246. The second-order valence-electron chi connectivity index (χ2n) is 3.44. The molecule has 0 saturated carbocycles. The van der Waals surface area contributed by atoms with Crippen molar-refractivity contribution in [2.45, 2.75) is 6.18 Å². The first-order chi connectivity index (χ1) is 8.43. The molecule has 2 N–H and O–H groups in total. The number of rotatable bonds is 4. The van der Waals surface area contributed by atoms with E-state index in [2.05, 4.69) is 0 Å². The normalized spacial score (nSPS) is 11.9. The van der Waals surface area contributed by atoms with Crippen LogP contribution in [-0.4, -0.2) is 20.8 Å². The van der Waals surface area contributed by atoms with Crippen molar-refractivity contribution in [1.29, 1.82) is 0 Å². The quantitative estimate of drug-likeness (QED) is 0.906. The van der Waals surface area contributed by atoms with Crippen LogP contribution in [0.25, 0.3) is 6.08 Å². The minimum atomic E-state index is -4.51. The summed E-state index contributed by atoms with van der Waals surface area (Å²) < 4.78 is 48.3. The van der Waals surface area contributed by atoms with E-state index in [1.807, 2.05) is 0 Å². The number of nitrogens with two attached hydrogens (primary N) is 1. The van der Waals surface area contributed by atoms with Crippen molar-refractivity contribution < 1.29 is 22.6 Å². The number of hydrogen-bond acceptors (Lipinski definition) is 3. The smallest absolute Gasteiger partial charge is 0.420 e. The van der Waals surface area contributed by atoms with Crippen LogP contribution in [0, 0.1) is 0 Å². The van der Waals surface area contributed by atoms with Crippen molar-refractivity contribution in [2.75, 3.05) is 20.8 Å². The highest BCUT2D eigenvalue weighted by atomic mass is 19.4. The molecule has 0 aliphatic carbocycles. The predicted molar refractivity (Wildman–Crippen MR) is 62.6 cm³/mol. The zero-order chi connectivity index (χ0) is 13.8. The lowest BCUT2D eigenvalue weighted by Gasteiger charge is -2.16. The molecule has 100 valence electrons. The lowest BCUT2D eigenvalue weighted by atomic mass is 10.1. The molecule has 0 radical (unpaired) electrons. The fourth-order valence-corrected chi connectivity index (χ4v) is 1.50. The number of alkyl halides is 3. The second-order valence-corrected chi connectivity index (χ2v) is 3.44. The Labute approximate surface area is 103 Å². The van der Waals surface area contributed by atoms with Crippen LogP contribution < -0.4 is 15.2 Å². The number of hydrogen-bond donors (Lipinski definition) is 1. The third-order valence-electron chi connectivity index (χ3n) is 2.25. The molecule has 1 rings (SSSR count). The molecule has 1 aromatic rings. The van der Waals surface area contributed by atoms with E-state index < -0.39 is 11.7 Å². The molecule has 0 saturated heterocycles. The Bertz CT molecular complexity index is 442. The Morgan fingerprint density at radius 2 is 1.89 bits per heavy atom. The van der Waals surface area contributed by atoms with Gasteiger partial charge < -0.3 is 15.2 Å². The van der Waals surface area contributed by atoms with E-state index in [1.54, 1.807) is 6.08 Å². The second kappa shape index (κ2) is 5.77. The van der Waals surface area contributed by atoms with Gasteiger partial charge in [-0.1, -0.05) is 12.2 Å². The monoisotopic (exact) mass is 261 g/mol. The van der Waals surface area contributed by atoms with Crippen LogP contribution in [0.3, 0.4) is 0 Å². The van der Waals surface area contributed by atoms with Gasteiger partial charge in [-0.05, 0) is 17.7 Å². The van der Waals surface area contributed by atoms with Gasteiger partial charge in [0, 0.05) is 6.54 Å². The molecule has 1 aromatic carbocycles. The van der Waals surface area contributed by atoms with Gasteiger partial charge in [-0.25, -0.2) is 0 Å². The van der Waals surface area contributed by atoms with Gasteiger partial charge in [0.05, 0.1) is 14.2 Å². The van der Waals surface area contributed by atoms with Crippen LogP contribution in [0.1, 0.15) is 11.1 Å². The fourth-order valence-electron chi connectivity index (χ4n) is 1.50. The van der Waals surface area contributed by atoms with Gasteiger partial charge >= 0.3 is 6.18 Å². The Balaban J connectivity index is 3.41. The van der Waals surface area contributed by atoms with Gasteiger partial charge in [0.2, 0.25) is 0 Å². The Morgan fingerprint density at radius 3 is 2.33 bits per heavy atom. The summed E-state index contributed by atoms with van der Waals surface area (Å²) in [7, 11) is 2.46. The average molecular weight is 261 g/mol. The molecular weight excluding hydrogens is 247 g/mol. The van der Waals surface area contributed by atoms with Gasteiger partial charge in [-0.3, -0.25) is 0 Å². The standard InChI is InChI=1S/C12H14F3NO2/c1-17-10-7-8(4-3-5-16)6-9(11(10)18-2)12(13,14)15/h3-4,6-7H,5,16H2,1-2H3/b4-3+. The molecule has 0 amide bonds. The average Bonchev–Trinajstić information content (AvgIpc) is 2.33. The van der Waals surface area contributed by atoms with Gasteiger partial charge in [0.25, 0.3) is 0 Å². The first kappa shape index (κ1) is 14.4. The van der Waals surface area contributed by atoms with Crippen molar-refractivity contribution in [1.82, 2.24) is 0 Å². The van der Waals surface area contributed by atoms with Crippen LogP contribution in [-0.2, 0) is 6.18 Å². The molecule has 18 heavy (non-hydrogen) atoms. The molecule has 0 aliphatic heterocycles. The Morgan fingerprint density at radius 1 is 1.22 bits per heavy atom. The summed E-state index contributed by atoms with van der Waals surface area (Å²) in [5.41, 5.74) is 4.74. The van der Waals surface area contributed by atoms with Crippen LogP contribution in [0.2, 0.25) is 0 Å².